The molecule has 3 N–H and O–H groups in total. The van der Waals surface area contributed by atoms with Gasteiger partial charge in [0.15, 0.2) is 11.5 Å². The number of ether oxygens (including phenoxy) is 2. The highest BCUT2D eigenvalue weighted by molar-refractivity contribution is 6.01. The molecule has 228 valence electrons. The van der Waals surface area contributed by atoms with E-state index in [0.29, 0.717) is 45.4 Å². The van der Waals surface area contributed by atoms with Crippen LogP contribution in [0.15, 0.2) is 67.5 Å². The number of aryl methyl sites for hydroxylation is 2. The van der Waals surface area contributed by atoms with Crippen LogP contribution in [0.4, 0.5) is 32.6 Å². The van der Waals surface area contributed by atoms with Gasteiger partial charge in [0.05, 0.1) is 5.52 Å². The van der Waals surface area contributed by atoms with E-state index in [4.69, 9.17) is 9.47 Å². The minimum Gasteiger partial charge on any atom is -0.442 e. The summed E-state index contributed by atoms with van der Waals surface area (Å²) in [4.78, 5) is 38.3. The third kappa shape index (κ3) is 6.61. The fraction of sp³-hybridized carbons (Fsp3) is 0.200. The van der Waals surface area contributed by atoms with Crippen LogP contribution in [0.1, 0.15) is 32.0 Å². The van der Waals surface area contributed by atoms with E-state index in [1.165, 1.54) is 6.33 Å². The molecule has 0 spiro atoms. The number of rotatable bonds is 6. The molecule has 15 heteroatoms. The van der Waals surface area contributed by atoms with Crippen LogP contribution >= 0.6 is 0 Å². The molecule has 45 heavy (non-hydrogen) atoms. The molecule has 0 fully saturated rings. The van der Waals surface area contributed by atoms with Crippen molar-refractivity contribution in [2.45, 2.75) is 40.2 Å². The van der Waals surface area contributed by atoms with Crippen molar-refractivity contribution in [3.05, 3.63) is 78.8 Å². The number of aromatic nitrogens is 8. The standard InChI is InChI=1S/C30H29N11O4/c1-17-10-19(7-9-23(17)44-26-13-25-38-34-16-40(25)15-33-26)35-27-21-12-20(6-8-22(21)31-14-32-27)36-28(42)37-24-11-18(2)41(39-24)29(43)45-30(3,4)5/h6-16H,1-5H3,(H,31,32,35)(H2,36,37,39,42). The van der Waals surface area contributed by atoms with Gasteiger partial charge in [-0.2, -0.15) is 4.68 Å². The van der Waals surface area contributed by atoms with Crippen molar-refractivity contribution in [2.24, 2.45) is 0 Å². The molecule has 0 atom stereocenters. The van der Waals surface area contributed by atoms with Gasteiger partial charge in [0, 0.05) is 34.6 Å². The van der Waals surface area contributed by atoms with E-state index in [-0.39, 0.29) is 5.82 Å². The molecular formula is C30H29N11O4. The molecule has 0 aliphatic rings. The summed E-state index contributed by atoms with van der Waals surface area (Å²) in [7, 11) is 0. The zero-order valence-electron chi connectivity index (χ0n) is 25.1. The van der Waals surface area contributed by atoms with Crippen LogP contribution in [-0.4, -0.2) is 57.1 Å². The Morgan fingerprint density at radius 2 is 1.71 bits per heavy atom. The molecule has 0 unspecified atom stereocenters. The summed E-state index contributed by atoms with van der Waals surface area (Å²) >= 11 is 0. The predicted octanol–water partition coefficient (Wildman–Crippen LogP) is 5.84. The second-order valence-corrected chi connectivity index (χ2v) is 11.1. The van der Waals surface area contributed by atoms with Crippen LogP contribution in [0.5, 0.6) is 11.6 Å². The molecule has 2 amide bonds. The van der Waals surface area contributed by atoms with Crippen LogP contribution in [0, 0.1) is 13.8 Å². The fourth-order valence-corrected chi connectivity index (χ4v) is 4.40. The van der Waals surface area contributed by atoms with Gasteiger partial charge in [-0.25, -0.2) is 24.5 Å². The number of carbonyl (C=O) groups excluding carboxylic acids is 2. The molecule has 0 aliphatic carbocycles. The number of nitrogens with one attached hydrogen (secondary N) is 3. The van der Waals surface area contributed by atoms with E-state index in [2.05, 4.69) is 46.2 Å². The van der Waals surface area contributed by atoms with Gasteiger partial charge >= 0.3 is 12.1 Å². The SMILES string of the molecule is Cc1cc(Nc2ncnc3ccc(NC(=O)Nc4cc(C)n(C(=O)OC(C)(C)C)n4)cc23)ccc1Oc1cc2nncn2cn1. The molecular weight excluding hydrogens is 578 g/mol. The maximum Gasteiger partial charge on any atom is 0.435 e. The third-order valence-electron chi connectivity index (χ3n) is 6.40. The molecule has 0 radical (unpaired) electrons. The molecule has 15 nitrogen and oxygen atoms in total. The predicted molar refractivity (Wildman–Crippen MR) is 166 cm³/mol. The maximum atomic E-state index is 12.8. The summed E-state index contributed by atoms with van der Waals surface area (Å²) in [5, 5.41) is 21.5. The quantitative estimate of drug-likeness (QED) is 0.207. The van der Waals surface area contributed by atoms with E-state index >= 15 is 0 Å². The lowest BCUT2D eigenvalue weighted by Crippen LogP contribution is -2.28. The van der Waals surface area contributed by atoms with Crippen LogP contribution < -0.4 is 20.7 Å². The minimum absolute atomic E-state index is 0.194. The van der Waals surface area contributed by atoms with Crippen LogP contribution in [0.2, 0.25) is 0 Å². The number of hydrogen-bond donors (Lipinski definition) is 3. The molecule has 0 bridgehead atoms. The van der Waals surface area contributed by atoms with Crippen molar-refractivity contribution in [1.82, 2.24) is 39.3 Å². The summed E-state index contributed by atoms with van der Waals surface area (Å²) in [5.74, 6) is 1.77. The Balaban J connectivity index is 1.15. The third-order valence-corrected chi connectivity index (χ3v) is 6.40. The first-order valence-corrected chi connectivity index (χ1v) is 13.8. The van der Waals surface area contributed by atoms with Crippen molar-refractivity contribution in [3.8, 4) is 11.6 Å². The smallest absolute Gasteiger partial charge is 0.435 e. The number of carbonyl (C=O) groups is 2. The molecule has 6 aromatic rings. The summed E-state index contributed by atoms with van der Waals surface area (Å²) in [5.41, 5.74) is 3.27. The Labute approximate surface area is 256 Å². The Hall–Kier alpha value is -6.12. The minimum atomic E-state index is -0.683. The van der Waals surface area contributed by atoms with Gasteiger partial charge in [0.25, 0.3) is 0 Å². The number of nitrogens with zero attached hydrogens (tertiary/aromatic N) is 8. The summed E-state index contributed by atoms with van der Waals surface area (Å²) in [6.45, 7) is 8.91. The molecule has 0 aliphatic heterocycles. The Kier molecular flexibility index (Phi) is 7.42. The Morgan fingerprint density at radius 1 is 0.889 bits per heavy atom. The lowest BCUT2D eigenvalue weighted by atomic mass is 10.1. The van der Waals surface area contributed by atoms with Crippen molar-refractivity contribution < 1.29 is 19.1 Å². The van der Waals surface area contributed by atoms with Gasteiger partial charge in [-0.1, -0.05) is 0 Å². The van der Waals surface area contributed by atoms with Gasteiger partial charge in [-0.3, -0.25) is 9.72 Å². The molecule has 0 saturated heterocycles. The molecule has 2 aromatic carbocycles. The largest absolute Gasteiger partial charge is 0.442 e. The lowest BCUT2D eigenvalue weighted by Gasteiger charge is -2.19. The van der Waals surface area contributed by atoms with Gasteiger partial charge in [0.1, 0.15) is 36.2 Å². The van der Waals surface area contributed by atoms with Crippen molar-refractivity contribution in [2.75, 3.05) is 16.0 Å². The zero-order chi connectivity index (χ0) is 31.7. The average molecular weight is 608 g/mol. The monoisotopic (exact) mass is 607 g/mol. The molecule has 4 heterocycles. The first-order chi connectivity index (χ1) is 21.5. The number of anilines is 4. The topological polar surface area (TPSA) is 175 Å². The van der Waals surface area contributed by atoms with Gasteiger partial charge in [-0.15, -0.1) is 15.3 Å². The number of hydrogen-bond acceptors (Lipinski definition) is 11. The number of amides is 2. The first kappa shape index (κ1) is 29.0. The van der Waals surface area contributed by atoms with Crippen LogP contribution in [0.25, 0.3) is 16.6 Å². The highest BCUT2D eigenvalue weighted by Gasteiger charge is 2.21. The highest BCUT2D eigenvalue weighted by atomic mass is 16.6. The van der Waals surface area contributed by atoms with Gasteiger partial charge < -0.3 is 20.1 Å². The normalized spacial score (nSPS) is 11.4. The first-order valence-electron chi connectivity index (χ1n) is 13.8. The van der Waals surface area contributed by atoms with Crippen LogP contribution in [-0.2, 0) is 4.74 Å². The van der Waals surface area contributed by atoms with E-state index in [9.17, 15) is 9.59 Å². The fourth-order valence-electron chi connectivity index (χ4n) is 4.40. The van der Waals surface area contributed by atoms with E-state index in [0.717, 1.165) is 15.9 Å². The second-order valence-electron chi connectivity index (χ2n) is 11.1. The number of urea groups is 1. The van der Waals surface area contributed by atoms with E-state index < -0.39 is 17.7 Å². The molecule has 6 rings (SSSR count). The van der Waals surface area contributed by atoms with Crippen LogP contribution in [0.3, 0.4) is 0 Å². The lowest BCUT2D eigenvalue weighted by molar-refractivity contribution is 0.0511. The summed E-state index contributed by atoms with van der Waals surface area (Å²) in [6, 6.07) is 13.6. The molecule has 0 saturated carbocycles. The van der Waals surface area contributed by atoms with Crippen molar-refractivity contribution in [3.63, 3.8) is 0 Å². The average Bonchev–Trinajstić information content (AvgIpc) is 3.59. The van der Waals surface area contributed by atoms with E-state index in [1.54, 1.807) is 75.1 Å². The van der Waals surface area contributed by atoms with Gasteiger partial charge in [-0.05, 0) is 76.6 Å². The summed E-state index contributed by atoms with van der Waals surface area (Å²) in [6.07, 6.45) is 3.98. The second kappa shape index (κ2) is 11.5. The highest BCUT2D eigenvalue weighted by Crippen LogP contribution is 2.30. The number of benzene rings is 2. The van der Waals surface area contributed by atoms with E-state index in [1.807, 2.05) is 25.1 Å². The zero-order valence-corrected chi connectivity index (χ0v) is 25.1. The van der Waals surface area contributed by atoms with Crippen molar-refractivity contribution in [1.29, 1.82) is 0 Å². The van der Waals surface area contributed by atoms with Gasteiger partial charge in [0.2, 0.25) is 5.88 Å². The Morgan fingerprint density at radius 3 is 2.51 bits per heavy atom. The summed E-state index contributed by atoms with van der Waals surface area (Å²) < 4.78 is 14.1. The Bertz CT molecular complexity index is 2060. The van der Waals surface area contributed by atoms with Crippen molar-refractivity contribution >= 4 is 51.7 Å². The molecule has 4 aromatic heterocycles. The maximum absolute atomic E-state index is 12.8. The number of fused-ring (bicyclic) bond motifs is 2.